The van der Waals surface area contributed by atoms with E-state index in [1.807, 2.05) is 24.3 Å². The van der Waals surface area contributed by atoms with Gasteiger partial charge in [0.1, 0.15) is 11.3 Å². The van der Waals surface area contributed by atoms with E-state index in [1.54, 1.807) is 24.3 Å². The molecule has 0 amide bonds. The van der Waals surface area contributed by atoms with Crippen molar-refractivity contribution in [2.75, 3.05) is 0 Å². The van der Waals surface area contributed by atoms with E-state index in [-0.39, 0.29) is 24.6 Å². The number of fused-ring (bicyclic) bond motifs is 1. The molecule has 0 saturated heterocycles. The molecule has 0 spiro atoms. The molecular formula is C13H10LiNO2. The van der Waals surface area contributed by atoms with Crippen LogP contribution in [0.15, 0.2) is 52.9 Å². The number of benzene rings is 2. The number of aromatic hydroxyl groups is 1. The molecule has 0 atom stereocenters. The predicted octanol–water partition coefficient (Wildman–Crippen LogP) is 2.55. The van der Waals surface area contributed by atoms with Crippen LogP contribution in [0, 0.1) is 0 Å². The summed E-state index contributed by atoms with van der Waals surface area (Å²) in [6.45, 7) is 0. The van der Waals surface area contributed by atoms with Crippen LogP contribution in [0.3, 0.4) is 0 Å². The van der Waals surface area contributed by atoms with Crippen LogP contribution in [0.25, 0.3) is 22.6 Å². The molecule has 3 rings (SSSR count). The van der Waals surface area contributed by atoms with Crippen LogP contribution >= 0.6 is 0 Å². The third-order valence-electron chi connectivity index (χ3n) is 2.41. The van der Waals surface area contributed by atoms with E-state index in [9.17, 15) is 5.11 Å². The van der Waals surface area contributed by atoms with Crippen molar-refractivity contribution in [3.63, 3.8) is 0 Å². The van der Waals surface area contributed by atoms with Crippen molar-refractivity contribution in [2.24, 2.45) is 0 Å². The molecule has 0 radical (unpaired) electrons. The molecule has 0 bridgehead atoms. The van der Waals surface area contributed by atoms with Crippen LogP contribution in [0.2, 0.25) is 0 Å². The van der Waals surface area contributed by atoms with E-state index < -0.39 is 0 Å². The number of nitrogens with zero attached hydrogens (tertiary/aromatic N) is 1. The van der Waals surface area contributed by atoms with Crippen molar-refractivity contribution < 1.29 is 9.52 Å². The Morgan fingerprint density at radius 3 is 2.35 bits per heavy atom. The summed E-state index contributed by atoms with van der Waals surface area (Å²) in [7, 11) is 0. The number of aromatic nitrogens is 1. The van der Waals surface area contributed by atoms with Crippen molar-refractivity contribution in [3.8, 4) is 17.2 Å². The van der Waals surface area contributed by atoms with Gasteiger partial charge in [0.05, 0.1) is 0 Å². The molecule has 17 heavy (non-hydrogen) atoms. The van der Waals surface area contributed by atoms with E-state index >= 15 is 0 Å². The first-order valence-corrected chi connectivity index (χ1v) is 4.98. The van der Waals surface area contributed by atoms with Crippen molar-refractivity contribution in [3.05, 3.63) is 48.5 Å². The third kappa shape index (κ3) is 2.21. The maximum atomic E-state index is 9.19. The molecule has 0 fully saturated rings. The SMILES string of the molecule is Oc1ccc(-c2nc3ccccc3o2)cc1.[LiH]. The van der Waals surface area contributed by atoms with Gasteiger partial charge in [0.25, 0.3) is 0 Å². The molecule has 80 valence electrons. The minimum atomic E-state index is 0. The molecule has 1 N–H and O–H groups in total. The van der Waals surface area contributed by atoms with Crippen LogP contribution in [0.1, 0.15) is 0 Å². The van der Waals surface area contributed by atoms with Gasteiger partial charge in [-0.15, -0.1) is 0 Å². The second kappa shape index (κ2) is 4.66. The summed E-state index contributed by atoms with van der Waals surface area (Å²) in [6.07, 6.45) is 0. The van der Waals surface area contributed by atoms with E-state index in [1.165, 1.54) is 0 Å². The van der Waals surface area contributed by atoms with Crippen molar-refractivity contribution in [2.45, 2.75) is 0 Å². The van der Waals surface area contributed by atoms with Crippen molar-refractivity contribution in [1.29, 1.82) is 0 Å². The van der Waals surface area contributed by atoms with Crippen LogP contribution in [-0.2, 0) is 0 Å². The van der Waals surface area contributed by atoms with Gasteiger partial charge in [-0.3, -0.25) is 0 Å². The molecule has 0 unspecified atom stereocenters. The average molecular weight is 219 g/mol. The Morgan fingerprint density at radius 2 is 1.65 bits per heavy atom. The van der Waals surface area contributed by atoms with Gasteiger partial charge in [-0.25, -0.2) is 4.98 Å². The van der Waals surface area contributed by atoms with Gasteiger partial charge in [0.15, 0.2) is 5.58 Å². The molecule has 1 heterocycles. The summed E-state index contributed by atoms with van der Waals surface area (Å²) in [4.78, 5) is 4.36. The Balaban J connectivity index is 0.00000108. The van der Waals surface area contributed by atoms with Crippen LogP contribution in [0.4, 0.5) is 0 Å². The number of hydrogen-bond donors (Lipinski definition) is 1. The Morgan fingerprint density at radius 1 is 0.941 bits per heavy atom. The number of phenols is 1. The molecule has 0 saturated carbocycles. The van der Waals surface area contributed by atoms with Gasteiger partial charge in [-0.2, -0.15) is 0 Å². The van der Waals surface area contributed by atoms with Crippen LogP contribution in [-0.4, -0.2) is 29.0 Å². The second-order valence-corrected chi connectivity index (χ2v) is 3.53. The first-order valence-electron chi connectivity index (χ1n) is 4.98. The Kier molecular flexibility index (Phi) is 3.23. The van der Waals surface area contributed by atoms with Gasteiger partial charge < -0.3 is 9.52 Å². The average Bonchev–Trinajstić information content (AvgIpc) is 2.73. The normalized spacial score (nSPS) is 10.1. The molecule has 3 nitrogen and oxygen atoms in total. The number of rotatable bonds is 1. The van der Waals surface area contributed by atoms with Crippen LogP contribution < -0.4 is 0 Å². The minimum absolute atomic E-state index is 0. The van der Waals surface area contributed by atoms with Gasteiger partial charge in [0.2, 0.25) is 5.89 Å². The second-order valence-electron chi connectivity index (χ2n) is 3.53. The van der Waals surface area contributed by atoms with Gasteiger partial charge in [-0.05, 0) is 36.4 Å². The Bertz CT molecular complexity index is 598. The molecule has 1 aromatic heterocycles. The van der Waals surface area contributed by atoms with Crippen molar-refractivity contribution >= 4 is 30.0 Å². The van der Waals surface area contributed by atoms with Crippen LogP contribution in [0.5, 0.6) is 5.75 Å². The molecular weight excluding hydrogens is 209 g/mol. The van der Waals surface area contributed by atoms with Gasteiger partial charge >= 0.3 is 18.9 Å². The van der Waals surface area contributed by atoms with E-state index in [0.717, 1.165) is 16.7 Å². The summed E-state index contributed by atoms with van der Waals surface area (Å²) in [5.74, 6) is 0.807. The fourth-order valence-corrected chi connectivity index (χ4v) is 1.60. The third-order valence-corrected chi connectivity index (χ3v) is 2.41. The quantitative estimate of drug-likeness (QED) is 0.640. The molecule has 0 aliphatic carbocycles. The van der Waals surface area contributed by atoms with Crippen molar-refractivity contribution in [1.82, 2.24) is 4.98 Å². The summed E-state index contributed by atoms with van der Waals surface area (Å²) in [5.41, 5.74) is 2.46. The first-order chi connectivity index (χ1) is 7.83. The van der Waals surface area contributed by atoms with E-state index in [2.05, 4.69) is 4.98 Å². The molecule has 3 aromatic rings. The summed E-state index contributed by atoms with van der Waals surface area (Å²) >= 11 is 0. The summed E-state index contributed by atoms with van der Waals surface area (Å²) in [5, 5.41) is 9.19. The predicted molar refractivity (Wildman–Crippen MR) is 68.3 cm³/mol. The molecule has 4 heteroatoms. The number of oxazole rings is 1. The number of para-hydroxylation sites is 2. The van der Waals surface area contributed by atoms with E-state index in [4.69, 9.17) is 4.42 Å². The molecule has 0 aliphatic heterocycles. The fourth-order valence-electron chi connectivity index (χ4n) is 1.60. The summed E-state index contributed by atoms with van der Waals surface area (Å²) in [6, 6.07) is 14.4. The zero-order valence-electron chi connectivity index (χ0n) is 8.42. The Labute approximate surface area is 110 Å². The zero-order chi connectivity index (χ0) is 11.0. The molecule has 2 aromatic carbocycles. The number of phenolic OH excluding ortho intramolecular Hbond substituents is 1. The molecule has 0 aliphatic rings. The fraction of sp³-hybridized carbons (Fsp3) is 0. The van der Waals surface area contributed by atoms with E-state index in [0.29, 0.717) is 5.89 Å². The summed E-state index contributed by atoms with van der Waals surface area (Å²) < 4.78 is 5.60. The maximum absolute atomic E-state index is 9.19. The standard InChI is InChI=1S/C13H9NO2.Li.H/c15-10-7-5-9(6-8-10)13-14-11-3-1-2-4-12(11)16-13;;/h1-8,15H;;. The van der Waals surface area contributed by atoms with Gasteiger partial charge in [0, 0.05) is 5.56 Å². The van der Waals surface area contributed by atoms with Gasteiger partial charge in [-0.1, -0.05) is 12.1 Å². The zero-order valence-corrected chi connectivity index (χ0v) is 8.42. The monoisotopic (exact) mass is 219 g/mol. The number of hydrogen-bond acceptors (Lipinski definition) is 3. The first kappa shape index (κ1) is 11.8. The Hall–Kier alpha value is -1.69. The topological polar surface area (TPSA) is 46.3 Å².